The summed E-state index contributed by atoms with van der Waals surface area (Å²) in [4.78, 5) is 37.3. The number of carbonyl (C=O) groups is 3. The number of hydrogen-bond donors (Lipinski definition) is 2. The fourth-order valence-electron chi connectivity index (χ4n) is 2.44. The molecule has 0 aromatic carbocycles. The topological polar surface area (TPSA) is 87.7 Å². The molecule has 152 valence electrons. The lowest BCUT2D eigenvalue weighted by Gasteiger charge is -2.32. The Hall–Kier alpha value is -1.79. The molecule has 0 saturated heterocycles. The summed E-state index contributed by atoms with van der Waals surface area (Å²) in [5.74, 6) is -0.183. The van der Waals surface area contributed by atoms with E-state index in [1.165, 1.54) is 4.90 Å². The Balaban J connectivity index is 4.17. The van der Waals surface area contributed by atoms with Crippen molar-refractivity contribution in [2.45, 2.75) is 54.4 Å². The first-order chi connectivity index (χ1) is 12.1. The molecule has 0 fully saturated rings. The van der Waals surface area contributed by atoms with E-state index in [0.717, 1.165) is 12.8 Å². The van der Waals surface area contributed by atoms with Gasteiger partial charge in [-0.25, -0.2) is 4.79 Å². The zero-order valence-corrected chi connectivity index (χ0v) is 17.5. The van der Waals surface area contributed by atoms with Crippen LogP contribution in [-0.4, -0.2) is 56.1 Å². The molecular formula is C19H37N3O4. The van der Waals surface area contributed by atoms with Crippen LogP contribution in [-0.2, 0) is 14.3 Å². The summed E-state index contributed by atoms with van der Waals surface area (Å²) in [6, 6.07) is -0.264. The molecule has 0 spiro atoms. The minimum Gasteiger partial charge on any atom is -0.464 e. The number of rotatable bonds is 11. The molecule has 3 amide bonds. The Bertz CT molecular complexity index is 466. The van der Waals surface area contributed by atoms with Crippen molar-refractivity contribution in [3.05, 3.63) is 0 Å². The van der Waals surface area contributed by atoms with E-state index in [0.29, 0.717) is 13.1 Å². The number of ether oxygens (including phenoxy) is 1. The van der Waals surface area contributed by atoms with Gasteiger partial charge in [-0.1, -0.05) is 48.0 Å². The summed E-state index contributed by atoms with van der Waals surface area (Å²) in [6.45, 7) is 12.9. The highest BCUT2D eigenvalue weighted by Gasteiger charge is 2.35. The Morgan fingerprint density at radius 2 is 1.69 bits per heavy atom. The number of likely N-dealkylation sites (N-methyl/N-ethyl adjacent to an activating group) is 1. The van der Waals surface area contributed by atoms with Crippen LogP contribution < -0.4 is 10.6 Å². The summed E-state index contributed by atoms with van der Waals surface area (Å²) in [5, 5.41) is 5.62. The number of nitrogens with one attached hydrogen (secondary N) is 2. The van der Waals surface area contributed by atoms with E-state index >= 15 is 0 Å². The van der Waals surface area contributed by atoms with Crippen LogP contribution in [0.2, 0.25) is 0 Å². The number of carbonyl (C=O) groups excluding carboxylic acids is 3. The van der Waals surface area contributed by atoms with Gasteiger partial charge in [0.05, 0.1) is 12.5 Å². The third-order valence-corrected chi connectivity index (χ3v) is 4.74. The van der Waals surface area contributed by atoms with E-state index in [2.05, 4.69) is 31.4 Å². The standard InChI is InChI=1S/C19H37N3O4/c1-8-9-19(6,15(4)5)17(24)20-10-12-22(7)18(25)21-11-13-26-16(23)14(2)3/h14-15H,8-13H2,1-7H3,(H,20,24)(H,21,25). The van der Waals surface area contributed by atoms with Gasteiger partial charge in [0, 0.05) is 25.6 Å². The highest BCUT2D eigenvalue weighted by Crippen LogP contribution is 2.32. The molecule has 7 nitrogen and oxygen atoms in total. The van der Waals surface area contributed by atoms with Crippen molar-refractivity contribution in [1.82, 2.24) is 15.5 Å². The predicted molar refractivity (Wildman–Crippen MR) is 103 cm³/mol. The number of esters is 1. The van der Waals surface area contributed by atoms with Crippen LogP contribution >= 0.6 is 0 Å². The molecule has 0 radical (unpaired) electrons. The number of amides is 3. The minimum absolute atomic E-state index is 0.0313. The van der Waals surface area contributed by atoms with Gasteiger partial charge < -0.3 is 20.3 Å². The number of hydrogen-bond acceptors (Lipinski definition) is 4. The molecule has 0 aromatic heterocycles. The van der Waals surface area contributed by atoms with Crippen LogP contribution in [0.3, 0.4) is 0 Å². The van der Waals surface area contributed by atoms with Gasteiger partial charge in [-0.2, -0.15) is 0 Å². The SMILES string of the molecule is CCCC(C)(C(=O)NCCN(C)C(=O)NCCOC(=O)C(C)C)C(C)C. The van der Waals surface area contributed by atoms with Gasteiger partial charge in [-0.15, -0.1) is 0 Å². The van der Waals surface area contributed by atoms with E-state index in [-0.39, 0.29) is 42.9 Å². The fourth-order valence-corrected chi connectivity index (χ4v) is 2.44. The van der Waals surface area contributed by atoms with Crippen LogP contribution in [0.25, 0.3) is 0 Å². The van der Waals surface area contributed by atoms with Gasteiger partial charge in [-0.05, 0) is 12.3 Å². The van der Waals surface area contributed by atoms with E-state index in [9.17, 15) is 14.4 Å². The molecule has 0 aliphatic heterocycles. The van der Waals surface area contributed by atoms with Crippen molar-refractivity contribution in [1.29, 1.82) is 0 Å². The maximum atomic E-state index is 12.5. The van der Waals surface area contributed by atoms with Gasteiger partial charge in [0.15, 0.2) is 0 Å². The van der Waals surface area contributed by atoms with Crippen LogP contribution in [0.15, 0.2) is 0 Å². The molecule has 2 N–H and O–H groups in total. The first-order valence-corrected chi connectivity index (χ1v) is 9.50. The zero-order valence-electron chi connectivity index (χ0n) is 17.5. The van der Waals surface area contributed by atoms with Gasteiger partial charge in [0.2, 0.25) is 5.91 Å². The highest BCUT2D eigenvalue weighted by atomic mass is 16.5. The Morgan fingerprint density at radius 1 is 1.08 bits per heavy atom. The molecule has 0 aliphatic rings. The molecule has 0 aromatic rings. The van der Waals surface area contributed by atoms with Gasteiger partial charge in [-0.3, -0.25) is 9.59 Å². The Labute approximate surface area is 158 Å². The second-order valence-electron chi connectivity index (χ2n) is 7.55. The van der Waals surface area contributed by atoms with Crippen molar-refractivity contribution in [2.24, 2.45) is 17.3 Å². The zero-order chi connectivity index (χ0) is 20.3. The average molecular weight is 372 g/mol. The van der Waals surface area contributed by atoms with Crippen LogP contribution in [0.5, 0.6) is 0 Å². The normalized spacial score (nSPS) is 13.3. The lowest BCUT2D eigenvalue weighted by molar-refractivity contribution is -0.147. The predicted octanol–water partition coefficient (Wildman–Crippen LogP) is 2.41. The first kappa shape index (κ1) is 24.2. The van der Waals surface area contributed by atoms with Gasteiger partial charge in [0.25, 0.3) is 0 Å². The molecule has 1 atom stereocenters. The average Bonchev–Trinajstić information content (AvgIpc) is 2.57. The molecule has 0 aliphatic carbocycles. The third kappa shape index (κ3) is 8.06. The molecule has 7 heteroatoms. The second kappa shape index (κ2) is 11.8. The Morgan fingerprint density at radius 3 is 2.19 bits per heavy atom. The maximum Gasteiger partial charge on any atom is 0.317 e. The summed E-state index contributed by atoms with van der Waals surface area (Å²) < 4.78 is 5.00. The van der Waals surface area contributed by atoms with E-state index < -0.39 is 5.41 Å². The number of nitrogens with zero attached hydrogens (tertiary/aromatic N) is 1. The van der Waals surface area contributed by atoms with Crippen molar-refractivity contribution in [2.75, 3.05) is 33.3 Å². The molecule has 0 saturated carbocycles. The fraction of sp³-hybridized carbons (Fsp3) is 0.842. The van der Waals surface area contributed by atoms with Crippen molar-refractivity contribution >= 4 is 17.9 Å². The monoisotopic (exact) mass is 371 g/mol. The van der Waals surface area contributed by atoms with E-state index in [1.807, 2.05) is 6.92 Å². The summed E-state index contributed by atoms with van der Waals surface area (Å²) >= 11 is 0. The first-order valence-electron chi connectivity index (χ1n) is 9.50. The third-order valence-electron chi connectivity index (χ3n) is 4.74. The summed E-state index contributed by atoms with van der Waals surface area (Å²) in [7, 11) is 1.66. The molecule has 0 rings (SSSR count). The minimum atomic E-state index is -0.393. The van der Waals surface area contributed by atoms with Crippen LogP contribution in [0.1, 0.15) is 54.4 Å². The van der Waals surface area contributed by atoms with Crippen molar-refractivity contribution in [3.8, 4) is 0 Å². The highest BCUT2D eigenvalue weighted by molar-refractivity contribution is 5.82. The van der Waals surface area contributed by atoms with Gasteiger partial charge in [0.1, 0.15) is 6.61 Å². The van der Waals surface area contributed by atoms with Crippen molar-refractivity contribution in [3.63, 3.8) is 0 Å². The molecule has 0 bridgehead atoms. The second-order valence-corrected chi connectivity index (χ2v) is 7.55. The lowest BCUT2D eigenvalue weighted by atomic mass is 9.75. The maximum absolute atomic E-state index is 12.5. The molecule has 1 unspecified atom stereocenters. The van der Waals surface area contributed by atoms with Crippen molar-refractivity contribution < 1.29 is 19.1 Å². The molecule has 0 heterocycles. The van der Waals surface area contributed by atoms with Gasteiger partial charge >= 0.3 is 12.0 Å². The van der Waals surface area contributed by atoms with Crippen LogP contribution in [0.4, 0.5) is 4.79 Å². The molecule has 26 heavy (non-hydrogen) atoms. The van der Waals surface area contributed by atoms with E-state index in [1.54, 1.807) is 20.9 Å². The van der Waals surface area contributed by atoms with E-state index in [4.69, 9.17) is 4.74 Å². The largest absolute Gasteiger partial charge is 0.464 e. The number of urea groups is 1. The smallest absolute Gasteiger partial charge is 0.317 e. The summed E-state index contributed by atoms with van der Waals surface area (Å²) in [6.07, 6.45) is 1.79. The quantitative estimate of drug-likeness (QED) is 0.431. The summed E-state index contributed by atoms with van der Waals surface area (Å²) in [5.41, 5.74) is -0.393. The van der Waals surface area contributed by atoms with Crippen LogP contribution in [0, 0.1) is 17.3 Å². The lowest BCUT2D eigenvalue weighted by Crippen LogP contribution is -2.46. The molecular weight excluding hydrogens is 334 g/mol. The Kier molecular flexibility index (Phi) is 10.9.